The molecule has 4 heteroatoms. The number of aliphatic hydroxyl groups excluding tert-OH is 1. The Kier molecular flexibility index (Phi) is 3.56. The third-order valence-corrected chi connectivity index (χ3v) is 2.51. The average molecular weight is 232 g/mol. The Morgan fingerprint density at radius 2 is 2.18 bits per heavy atom. The molecular formula is C13H16N2O2. The van der Waals surface area contributed by atoms with Gasteiger partial charge in [0.25, 0.3) is 0 Å². The molecule has 0 spiro atoms. The van der Waals surface area contributed by atoms with E-state index in [2.05, 4.69) is 4.98 Å². The number of nitrogens with zero attached hydrogens (tertiary/aromatic N) is 1. The number of hydrogen-bond donors (Lipinski definition) is 2. The molecule has 2 rings (SSSR count). The molecule has 0 fully saturated rings. The molecule has 0 aliphatic rings. The van der Waals surface area contributed by atoms with Gasteiger partial charge in [0.05, 0.1) is 12.6 Å². The van der Waals surface area contributed by atoms with Crippen LogP contribution in [0.2, 0.25) is 0 Å². The summed E-state index contributed by atoms with van der Waals surface area (Å²) in [5.74, 6) is 0.704. The molecule has 1 heterocycles. The third-order valence-electron chi connectivity index (χ3n) is 2.51. The maximum atomic E-state index is 8.85. The van der Waals surface area contributed by atoms with Crippen molar-refractivity contribution in [2.24, 2.45) is 5.73 Å². The fraction of sp³-hybridized carbons (Fsp3) is 0.308. The Bertz CT molecular complexity index is 514. The van der Waals surface area contributed by atoms with Crippen LogP contribution in [0.15, 0.2) is 30.3 Å². The number of ether oxygens (including phenoxy) is 1. The summed E-state index contributed by atoms with van der Waals surface area (Å²) in [7, 11) is 0. The molecule has 1 atom stereocenters. The first-order chi connectivity index (χ1) is 8.20. The van der Waals surface area contributed by atoms with Gasteiger partial charge in [-0.2, -0.15) is 0 Å². The summed E-state index contributed by atoms with van der Waals surface area (Å²) in [6, 6.07) is 9.37. The van der Waals surface area contributed by atoms with Crippen molar-refractivity contribution in [1.29, 1.82) is 0 Å². The number of para-hydroxylation sites is 1. The Hall–Kier alpha value is -1.65. The van der Waals surface area contributed by atoms with Crippen molar-refractivity contribution in [2.45, 2.75) is 13.0 Å². The summed E-state index contributed by atoms with van der Waals surface area (Å²) in [6.45, 7) is 2.14. The number of fused-ring (bicyclic) bond motifs is 1. The lowest BCUT2D eigenvalue weighted by Gasteiger charge is -2.12. The smallest absolute Gasteiger partial charge is 0.145 e. The van der Waals surface area contributed by atoms with E-state index in [-0.39, 0.29) is 19.3 Å². The van der Waals surface area contributed by atoms with Crippen molar-refractivity contribution >= 4 is 10.9 Å². The van der Waals surface area contributed by atoms with Crippen molar-refractivity contribution in [1.82, 2.24) is 4.98 Å². The first kappa shape index (κ1) is 11.8. The van der Waals surface area contributed by atoms with E-state index in [0.29, 0.717) is 5.75 Å². The fourth-order valence-electron chi connectivity index (χ4n) is 1.58. The van der Waals surface area contributed by atoms with Crippen LogP contribution in [0, 0.1) is 6.92 Å². The van der Waals surface area contributed by atoms with E-state index in [1.807, 2.05) is 37.3 Å². The second kappa shape index (κ2) is 5.12. The zero-order valence-electron chi connectivity index (χ0n) is 9.76. The normalized spacial score (nSPS) is 12.6. The van der Waals surface area contributed by atoms with Crippen molar-refractivity contribution in [3.63, 3.8) is 0 Å². The molecule has 4 nitrogen and oxygen atoms in total. The van der Waals surface area contributed by atoms with Crippen LogP contribution in [0.4, 0.5) is 0 Å². The van der Waals surface area contributed by atoms with E-state index in [0.717, 1.165) is 16.6 Å². The first-order valence-corrected chi connectivity index (χ1v) is 5.56. The molecule has 0 aliphatic carbocycles. The highest BCUT2D eigenvalue weighted by atomic mass is 16.5. The summed E-state index contributed by atoms with van der Waals surface area (Å²) in [5, 5.41) is 9.88. The molecule has 0 aliphatic heterocycles. The van der Waals surface area contributed by atoms with Gasteiger partial charge in [0.2, 0.25) is 0 Å². The number of aromatic nitrogens is 1. The predicted octanol–water partition coefficient (Wildman–Crippen LogP) is 1.24. The molecule has 17 heavy (non-hydrogen) atoms. The number of hydrogen-bond acceptors (Lipinski definition) is 4. The summed E-state index contributed by atoms with van der Waals surface area (Å²) in [5.41, 5.74) is 7.37. The van der Waals surface area contributed by atoms with Crippen LogP contribution in [-0.4, -0.2) is 29.3 Å². The van der Waals surface area contributed by atoms with Gasteiger partial charge in [-0.15, -0.1) is 0 Å². The van der Waals surface area contributed by atoms with E-state index in [1.54, 1.807) is 0 Å². The highest BCUT2D eigenvalue weighted by molar-refractivity contribution is 5.84. The number of pyridine rings is 1. The third kappa shape index (κ3) is 2.72. The number of rotatable bonds is 4. The van der Waals surface area contributed by atoms with Crippen LogP contribution in [0.25, 0.3) is 10.9 Å². The van der Waals surface area contributed by atoms with Crippen LogP contribution in [0.5, 0.6) is 5.75 Å². The van der Waals surface area contributed by atoms with Gasteiger partial charge in [0, 0.05) is 11.1 Å². The van der Waals surface area contributed by atoms with E-state index in [9.17, 15) is 0 Å². The molecule has 0 amide bonds. The van der Waals surface area contributed by atoms with Crippen LogP contribution >= 0.6 is 0 Å². The van der Waals surface area contributed by atoms with Gasteiger partial charge in [0.1, 0.15) is 17.9 Å². The average Bonchev–Trinajstić information content (AvgIpc) is 2.35. The maximum absolute atomic E-state index is 8.85. The second-order valence-electron chi connectivity index (χ2n) is 4.03. The van der Waals surface area contributed by atoms with Crippen LogP contribution < -0.4 is 10.5 Å². The molecule has 1 unspecified atom stereocenters. The fourth-order valence-corrected chi connectivity index (χ4v) is 1.58. The Balaban J connectivity index is 2.30. The van der Waals surface area contributed by atoms with E-state index in [4.69, 9.17) is 15.6 Å². The van der Waals surface area contributed by atoms with Crippen molar-refractivity contribution < 1.29 is 9.84 Å². The predicted molar refractivity (Wildman–Crippen MR) is 67.0 cm³/mol. The van der Waals surface area contributed by atoms with E-state index >= 15 is 0 Å². The molecule has 0 radical (unpaired) electrons. The lowest BCUT2D eigenvalue weighted by molar-refractivity contribution is 0.207. The number of aliphatic hydroxyl groups is 1. The molecular weight excluding hydrogens is 216 g/mol. The highest BCUT2D eigenvalue weighted by Crippen LogP contribution is 2.23. The number of aryl methyl sites for hydroxylation is 1. The van der Waals surface area contributed by atoms with Gasteiger partial charge >= 0.3 is 0 Å². The summed E-state index contributed by atoms with van der Waals surface area (Å²) in [6.07, 6.45) is 0. The Labute approximate surface area is 100 Å². The van der Waals surface area contributed by atoms with Crippen LogP contribution in [0.3, 0.4) is 0 Å². The lowest BCUT2D eigenvalue weighted by atomic mass is 10.2. The lowest BCUT2D eigenvalue weighted by Crippen LogP contribution is -2.31. The molecule has 0 bridgehead atoms. The van der Waals surface area contributed by atoms with Crippen LogP contribution in [-0.2, 0) is 0 Å². The maximum Gasteiger partial charge on any atom is 0.145 e. The van der Waals surface area contributed by atoms with Gasteiger partial charge in [-0.05, 0) is 19.1 Å². The van der Waals surface area contributed by atoms with Gasteiger partial charge in [-0.3, -0.25) is 0 Å². The topological polar surface area (TPSA) is 68.4 Å². The minimum absolute atomic E-state index is 0.0861. The second-order valence-corrected chi connectivity index (χ2v) is 4.03. The molecule has 0 saturated carbocycles. The van der Waals surface area contributed by atoms with E-state index in [1.165, 1.54) is 0 Å². The number of nitrogens with two attached hydrogens (primary N) is 1. The van der Waals surface area contributed by atoms with Gasteiger partial charge in [-0.1, -0.05) is 18.2 Å². The monoisotopic (exact) mass is 232 g/mol. The zero-order chi connectivity index (χ0) is 12.3. The first-order valence-electron chi connectivity index (χ1n) is 5.56. The van der Waals surface area contributed by atoms with Gasteiger partial charge in [-0.25, -0.2) is 4.98 Å². The van der Waals surface area contributed by atoms with Crippen molar-refractivity contribution in [3.05, 3.63) is 36.0 Å². The minimum Gasteiger partial charge on any atom is -0.490 e. The van der Waals surface area contributed by atoms with Gasteiger partial charge in [0.15, 0.2) is 0 Å². The standard InChI is InChI=1S/C13H16N2O2/c1-9-5-6-10-3-2-4-12(13(10)15-9)17-8-11(14)7-16/h2-6,11,16H,7-8,14H2,1H3. The SMILES string of the molecule is Cc1ccc2cccc(OCC(N)CO)c2n1. The van der Waals surface area contributed by atoms with Gasteiger partial charge < -0.3 is 15.6 Å². The molecule has 1 aromatic heterocycles. The summed E-state index contributed by atoms with van der Waals surface area (Å²) >= 11 is 0. The molecule has 0 saturated heterocycles. The minimum atomic E-state index is -0.366. The summed E-state index contributed by atoms with van der Waals surface area (Å²) in [4.78, 5) is 4.45. The molecule has 2 aromatic rings. The van der Waals surface area contributed by atoms with Crippen molar-refractivity contribution in [2.75, 3.05) is 13.2 Å². The summed E-state index contributed by atoms with van der Waals surface area (Å²) < 4.78 is 5.58. The number of benzene rings is 1. The zero-order valence-corrected chi connectivity index (χ0v) is 9.76. The van der Waals surface area contributed by atoms with Crippen LogP contribution in [0.1, 0.15) is 5.69 Å². The quantitative estimate of drug-likeness (QED) is 0.832. The molecule has 3 N–H and O–H groups in total. The Morgan fingerprint density at radius 3 is 2.94 bits per heavy atom. The Morgan fingerprint density at radius 1 is 1.35 bits per heavy atom. The molecule has 90 valence electrons. The molecule has 1 aromatic carbocycles. The van der Waals surface area contributed by atoms with Crippen molar-refractivity contribution in [3.8, 4) is 5.75 Å². The largest absolute Gasteiger partial charge is 0.490 e. The highest BCUT2D eigenvalue weighted by Gasteiger charge is 2.06. The van der Waals surface area contributed by atoms with E-state index < -0.39 is 0 Å².